The van der Waals surface area contributed by atoms with Gasteiger partial charge in [-0.15, -0.1) is 11.8 Å². The molecule has 2 N–H and O–H groups in total. The Kier molecular flexibility index (Phi) is 6.89. The van der Waals surface area contributed by atoms with Crippen molar-refractivity contribution < 1.29 is 9.59 Å². The zero-order valence-electron chi connectivity index (χ0n) is 16.4. The summed E-state index contributed by atoms with van der Waals surface area (Å²) in [6.07, 6.45) is 8.84. The maximum atomic E-state index is 12.7. The molecule has 3 fully saturated rings. The van der Waals surface area contributed by atoms with Gasteiger partial charge in [-0.2, -0.15) is 0 Å². The van der Waals surface area contributed by atoms with Gasteiger partial charge in [-0.05, 0) is 31.6 Å². The minimum absolute atomic E-state index is 0.0122. The fraction of sp³-hybridized carbons (Fsp3) is 0.900. The molecule has 0 aromatic heterocycles. The molecule has 2 saturated heterocycles. The summed E-state index contributed by atoms with van der Waals surface area (Å²) in [7, 11) is 0. The van der Waals surface area contributed by atoms with Gasteiger partial charge in [-0.1, -0.05) is 39.5 Å². The minimum Gasteiger partial charge on any atom is -0.354 e. The van der Waals surface area contributed by atoms with Crippen LogP contribution in [0, 0.1) is 11.8 Å². The van der Waals surface area contributed by atoms with E-state index in [1.807, 2.05) is 11.8 Å². The summed E-state index contributed by atoms with van der Waals surface area (Å²) < 4.78 is 0. The molecule has 2 atom stereocenters. The van der Waals surface area contributed by atoms with E-state index in [1.54, 1.807) is 0 Å². The summed E-state index contributed by atoms with van der Waals surface area (Å²) in [6.45, 7) is 6.73. The molecular formula is C20H35N3O2S. The number of rotatable bonds is 5. The first-order valence-corrected chi connectivity index (χ1v) is 11.5. The molecule has 0 bridgehead atoms. The van der Waals surface area contributed by atoms with Crippen LogP contribution < -0.4 is 10.6 Å². The predicted molar refractivity (Wildman–Crippen MR) is 107 cm³/mol. The Hall–Kier alpha value is -0.750. The second-order valence-corrected chi connectivity index (χ2v) is 9.82. The third-order valence-corrected chi connectivity index (χ3v) is 8.02. The maximum absolute atomic E-state index is 12.7. The molecule has 148 valence electrons. The average molecular weight is 382 g/mol. The Labute approximate surface area is 162 Å². The zero-order valence-corrected chi connectivity index (χ0v) is 17.2. The lowest BCUT2D eigenvalue weighted by molar-refractivity contribution is -0.138. The highest BCUT2D eigenvalue weighted by Gasteiger charge is 2.44. The number of thioether (sulfide) groups is 1. The van der Waals surface area contributed by atoms with E-state index >= 15 is 0 Å². The van der Waals surface area contributed by atoms with E-state index in [9.17, 15) is 9.59 Å². The van der Waals surface area contributed by atoms with Crippen LogP contribution in [0.15, 0.2) is 0 Å². The van der Waals surface area contributed by atoms with Crippen LogP contribution in [0.3, 0.4) is 0 Å². The van der Waals surface area contributed by atoms with Crippen LogP contribution in [0.5, 0.6) is 0 Å². The molecule has 6 heteroatoms. The van der Waals surface area contributed by atoms with Gasteiger partial charge in [0.25, 0.3) is 0 Å². The number of piperidine rings is 1. The number of carbonyl (C=O) groups excluding carboxylic acids is 2. The number of carbonyl (C=O) groups is 2. The van der Waals surface area contributed by atoms with Gasteiger partial charge in [0.1, 0.15) is 0 Å². The van der Waals surface area contributed by atoms with Gasteiger partial charge < -0.3 is 10.2 Å². The highest BCUT2D eigenvalue weighted by molar-refractivity contribution is 8.01. The number of nitrogens with one attached hydrogen (secondary N) is 2. The van der Waals surface area contributed by atoms with Gasteiger partial charge in [0.15, 0.2) is 0 Å². The topological polar surface area (TPSA) is 61.4 Å². The first kappa shape index (κ1) is 20.0. The summed E-state index contributed by atoms with van der Waals surface area (Å²) >= 11 is 1.88. The van der Waals surface area contributed by atoms with E-state index in [1.165, 1.54) is 19.3 Å². The van der Waals surface area contributed by atoms with E-state index in [2.05, 4.69) is 29.4 Å². The summed E-state index contributed by atoms with van der Waals surface area (Å²) in [4.78, 5) is 27.2. The lowest BCUT2D eigenvalue weighted by Crippen LogP contribution is -2.55. The van der Waals surface area contributed by atoms with Gasteiger partial charge in [0.2, 0.25) is 11.8 Å². The Morgan fingerprint density at radius 2 is 1.92 bits per heavy atom. The van der Waals surface area contributed by atoms with Gasteiger partial charge in [0, 0.05) is 31.3 Å². The van der Waals surface area contributed by atoms with Crippen LogP contribution in [-0.4, -0.2) is 53.0 Å². The molecule has 0 aromatic carbocycles. The Bertz CT molecular complexity index is 499. The van der Waals surface area contributed by atoms with Crippen molar-refractivity contribution in [2.24, 2.45) is 11.8 Å². The molecule has 0 aromatic rings. The quantitative estimate of drug-likeness (QED) is 0.769. The lowest BCUT2D eigenvalue weighted by Gasteiger charge is -2.40. The number of amides is 2. The van der Waals surface area contributed by atoms with E-state index in [0.717, 1.165) is 57.5 Å². The van der Waals surface area contributed by atoms with Crippen LogP contribution >= 0.6 is 11.8 Å². The third kappa shape index (κ3) is 4.75. The van der Waals surface area contributed by atoms with Crippen molar-refractivity contribution in [1.29, 1.82) is 0 Å². The molecule has 1 spiro atoms. The normalized spacial score (nSPS) is 27.5. The van der Waals surface area contributed by atoms with Gasteiger partial charge >= 0.3 is 0 Å². The van der Waals surface area contributed by atoms with Crippen molar-refractivity contribution in [3.8, 4) is 0 Å². The van der Waals surface area contributed by atoms with Gasteiger partial charge in [-0.25, -0.2) is 0 Å². The van der Waals surface area contributed by atoms with Crippen LogP contribution in [0.25, 0.3) is 0 Å². The first-order chi connectivity index (χ1) is 12.5. The molecule has 1 saturated carbocycles. The zero-order chi connectivity index (χ0) is 18.6. The minimum atomic E-state index is -0.0929. The number of hydrogen-bond acceptors (Lipinski definition) is 4. The van der Waals surface area contributed by atoms with E-state index in [0.29, 0.717) is 11.8 Å². The second-order valence-electron chi connectivity index (χ2n) is 8.42. The number of likely N-dealkylation sites (tertiary alicyclic amines) is 1. The van der Waals surface area contributed by atoms with Crippen LogP contribution in [0.1, 0.15) is 65.2 Å². The molecule has 2 aliphatic heterocycles. The first-order valence-electron chi connectivity index (χ1n) is 10.5. The fourth-order valence-corrected chi connectivity index (χ4v) is 5.73. The fourth-order valence-electron chi connectivity index (χ4n) is 4.31. The monoisotopic (exact) mass is 381 g/mol. The predicted octanol–water partition coefficient (Wildman–Crippen LogP) is 2.75. The summed E-state index contributed by atoms with van der Waals surface area (Å²) in [5.41, 5.74) is 0. The van der Waals surface area contributed by atoms with Crippen molar-refractivity contribution in [1.82, 2.24) is 15.5 Å². The van der Waals surface area contributed by atoms with Crippen molar-refractivity contribution in [2.45, 2.75) is 76.1 Å². The van der Waals surface area contributed by atoms with Crippen molar-refractivity contribution in [3.05, 3.63) is 0 Å². The molecule has 3 rings (SSSR count). The largest absolute Gasteiger partial charge is 0.354 e. The molecule has 26 heavy (non-hydrogen) atoms. The molecule has 1 aliphatic carbocycles. The highest BCUT2D eigenvalue weighted by atomic mass is 32.2. The Morgan fingerprint density at radius 1 is 1.23 bits per heavy atom. The second kappa shape index (κ2) is 8.96. The van der Waals surface area contributed by atoms with Crippen molar-refractivity contribution in [3.63, 3.8) is 0 Å². The summed E-state index contributed by atoms with van der Waals surface area (Å²) in [5.74, 6) is 2.14. The molecule has 5 nitrogen and oxygen atoms in total. The summed E-state index contributed by atoms with van der Waals surface area (Å²) in [6, 6.07) is -0.0929. The Morgan fingerprint density at radius 3 is 2.58 bits per heavy atom. The SMILES string of the molecule is CCC(C)CNC(=O)C1CSC2(CCN(C(=O)C3CCCCC3)CC2)N1. The lowest BCUT2D eigenvalue weighted by atomic mass is 9.87. The smallest absolute Gasteiger partial charge is 0.238 e. The van der Waals surface area contributed by atoms with Crippen molar-refractivity contribution in [2.75, 3.05) is 25.4 Å². The average Bonchev–Trinajstić information content (AvgIpc) is 3.10. The standard InChI is InChI=1S/C20H35N3O2S/c1-3-15(2)13-21-18(24)17-14-26-20(22-17)9-11-23(12-10-20)19(25)16-7-5-4-6-8-16/h15-17,22H,3-14H2,1-2H3,(H,21,24). The van der Waals surface area contributed by atoms with E-state index < -0.39 is 0 Å². The van der Waals surface area contributed by atoms with Gasteiger partial charge in [-0.3, -0.25) is 14.9 Å². The van der Waals surface area contributed by atoms with E-state index in [-0.39, 0.29) is 22.7 Å². The van der Waals surface area contributed by atoms with Crippen molar-refractivity contribution >= 4 is 23.6 Å². The van der Waals surface area contributed by atoms with Crippen LogP contribution in [0.4, 0.5) is 0 Å². The highest BCUT2D eigenvalue weighted by Crippen LogP contribution is 2.40. The summed E-state index contributed by atoms with van der Waals surface area (Å²) in [5, 5.41) is 6.69. The third-order valence-electron chi connectivity index (χ3n) is 6.44. The molecular weight excluding hydrogens is 346 g/mol. The van der Waals surface area contributed by atoms with Crippen LogP contribution in [-0.2, 0) is 9.59 Å². The number of nitrogens with zero attached hydrogens (tertiary/aromatic N) is 1. The maximum Gasteiger partial charge on any atom is 0.238 e. The molecule has 3 aliphatic rings. The molecule has 2 amide bonds. The van der Waals surface area contributed by atoms with Crippen LogP contribution in [0.2, 0.25) is 0 Å². The Balaban J connectivity index is 1.45. The van der Waals surface area contributed by atoms with Gasteiger partial charge in [0.05, 0.1) is 10.9 Å². The molecule has 2 unspecified atom stereocenters. The molecule has 2 heterocycles. The van der Waals surface area contributed by atoms with E-state index in [4.69, 9.17) is 0 Å². The number of hydrogen-bond donors (Lipinski definition) is 2. The molecule has 0 radical (unpaired) electrons.